The molecule has 4 heteroatoms. The average molecular weight is 191 g/mol. The van der Waals surface area contributed by atoms with Crippen LogP contribution in [0.15, 0.2) is 22.9 Å². The van der Waals surface area contributed by atoms with Gasteiger partial charge >= 0.3 is 0 Å². The lowest BCUT2D eigenvalue weighted by Gasteiger charge is -2.05. The van der Waals surface area contributed by atoms with Crippen LogP contribution in [-0.2, 0) is 6.54 Å². The smallest absolute Gasteiger partial charge is 0.200 e. The maximum absolute atomic E-state index is 5.73. The van der Waals surface area contributed by atoms with Gasteiger partial charge in [-0.25, -0.2) is 4.98 Å². The zero-order valence-electron chi connectivity index (χ0n) is 8.32. The topological polar surface area (TPSA) is 57.0 Å². The monoisotopic (exact) mass is 191 g/mol. The minimum atomic E-state index is 0.545. The molecular weight excluding hydrogens is 178 g/mol. The molecule has 0 spiro atoms. The summed E-state index contributed by atoms with van der Waals surface area (Å²) in [6.07, 6.45) is 3.46. The zero-order valence-corrected chi connectivity index (χ0v) is 8.32. The van der Waals surface area contributed by atoms with Crippen molar-refractivity contribution in [3.05, 3.63) is 35.5 Å². The Hall–Kier alpha value is -1.71. The van der Waals surface area contributed by atoms with Gasteiger partial charge in [0.05, 0.1) is 19.0 Å². The van der Waals surface area contributed by atoms with E-state index in [0.717, 1.165) is 23.6 Å². The van der Waals surface area contributed by atoms with E-state index in [1.807, 2.05) is 24.5 Å². The normalized spacial score (nSPS) is 10.7. The third-order valence-electron chi connectivity index (χ3n) is 2.38. The van der Waals surface area contributed by atoms with E-state index in [1.54, 1.807) is 12.5 Å². The first-order valence-corrected chi connectivity index (χ1v) is 4.49. The molecule has 0 aliphatic rings. The number of aryl methyl sites for hydroxylation is 2. The zero-order chi connectivity index (χ0) is 10.1. The Kier molecular flexibility index (Phi) is 2.04. The molecule has 0 aliphatic carbocycles. The Bertz CT molecular complexity index is 422. The standard InChI is InChI=1S/C10H13N3O/c1-7-5-12-10(11)13(7)6-9-3-4-14-8(9)2/h3-5H,6H2,1-2H3,(H2,11,12). The van der Waals surface area contributed by atoms with Crippen molar-refractivity contribution in [3.63, 3.8) is 0 Å². The number of nitrogens with zero attached hydrogens (tertiary/aromatic N) is 2. The summed E-state index contributed by atoms with van der Waals surface area (Å²) >= 11 is 0. The van der Waals surface area contributed by atoms with Gasteiger partial charge in [0.1, 0.15) is 5.76 Å². The third kappa shape index (κ3) is 1.39. The summed E-state index contributed by atoms with van der Waals surface area (Å²) in [5, 5.41) is 0. The van der Waals surface area contributed by atoms with Gasteiger partial charge in [0.15, 0.2) is 0 Å². The molecule has 14 heavy (non-hydrogen) atoms. The Labute approximate surface area is 82.4 Å². The maximum Gasteiger partial charge on any atom is 0.200 e. The molecule has 0 saturated carbocycles. The summed E-state index contributed by atoms with van der Waals surface area (Å²) < 4.78 is 7.17. The first-order valence-electron chi connectivity index (χ1n) is 4.49. The van der Waals surface area contributed by atoms with Crippen LogP contribution in [0.1, 0.15) is 17.0 Å². The molecule has 0 aromatic carbocycles. The average Bonchev–Trinajstić information content (AvgIpc) is 2.67. The van der Waals surface area contributed by atoms with Gasteiger partial charge in [-0.15, -0.1) is 0 Å². The molecule has 0 atom stereocenters. The van der Waals surface area contributed by atoms with Crippen LogP contribution < -0.4 is 5.73 Å². The third-order valence-corrected chi connectivity index (χ3v) is 2.38. The molecule has 0 saturated heterocycles. The summed E-state index contributed by atoms with van der Waals surface area (Å²) in [6, 6.07) is 1.95. The number of imidazole rings is 1. The second-order valence-electron chi connectivity index (χ2n) is 3.35. The highest BCUT2D eigenvalue weighted by atomic mass is 16.3. The van der Waals surface area contributed by atoms with E-state index in [1.165, 1.54) is 0 Å². The van der Waals surface area contributed by atoms with E-state index >= 15 is 0 Å². The molecule has 0 radical (unpaired) electrons. The Balaban J connectivity index is 2.31. The molecule has 2 heterocycles. The number of hydrogen-bond donors (Lipinski definition) is 1. The largest absolute Gasteiger partial charge is 0.469 e. The van der Waals surface area contributed by atoms with E-state index in [2.05, 4.69) is 4.98 Å². The van der Waals surface area contributed by atoms with Crippen molar-refractivity contribution in [2.45, 2.75) is 20.4 Å². The van der Waals surface area contributed by atoms with E-state index in [-0.39, 0.29) is 0 Å². The van der Waals surface area contributed by atoms with Crippen molar-refractivity contribution in [2.24, 2.45) is 0 Å². The molecule has 4 nitrogen and oxygen atoms in total. The van der Waals surface area contributed by atoms with Crippen molar-refractivity contribution in [1.82, 2.24) is 9.55 Å². The highest BCUT2D eigenvalue weighted by Crippen LogP contribution is 2.14. The fraction of sp³-hybridized carbons (Fsp3) is 0.300. The summed E-state index contributed by atoms with van der Waals surface area (Å²) in [7, 11) is 0. The fourth-order valence-corrected chi connectivity index (χ4v) is 1.43. The predicted molar refractivity (Wildman–Crippen MR) is 53.9 cm³/mol. The predicted octanol–water partition coefficient (Wildman–Crippen LogP) is 1.72. The van der Waals surface area contributed by atoms with Crippen LogP contribution in [0.2, 0.25) is 0 Å². The molecule has 0 bridgehead atoms. The van der Waals surface area contributed by atoms with Gasteiger partial charge in [-0.1, -0.05) is 0 Å². The van der Waals surface area contributed by atoms with Crippen LogP contribution >= 0.6 is 0 Å². The molecule has 0 aliphatic heterocycles. The lowest BCUT2D eigenvalue weighted by atomic mass is 10.2. The van der Waals surface area contributed by atoms with Gasteiger partial charge in [-0.05, 0) is 19.9 Å². The first kappa shape index (κ1) is 8.87. The molecule has 2 aromatic rings. The van der Waals surface area contributed by atoms with Crippen molar-refractivity contribution >= 4 is 5.95 Å². The molecule has 2 N–H and O–H groups in total. The van der Waals surface area contributed by atoms with Gasteiger partial charge in [0.2, 0.25) is 5.95 Å². The Morgan fingerprint density at radius 3 is 2.79 bits per heavy atom. The van der Waals surface area contributed by atoms with E-state index < -0.39 is 0 Å². The van der Waals surface area contributed by atoms with Crippen molar-refractivity contribution in [1.29, 1.82) is 0 Å². The molecule has 2 aromatic heterocycles. The van der Waals surface area contributed by atoms with Gasteiger partial charge in [0.25, 0.3) is 0 Å². The Morgan fingerprint density at radius 2 is 2.29 bits per heavy atom. The Morgan fingerprint density at radius 1 is 1.50 bits per heavy atom. The second-order valence-corrected chi connectivity index (χ2v) is 3.35. The van der Waals surface area contributed by atoms with Crippen LogP contribution in [0.5, 0.6) is 0 Å². The number of anilines is 1. The summed E-state index contributed by atoms with van der Waals surface area (Å²) in [5.41, 5.74) is 7.92. The number of furan rings is 1. The lowest BCUT2D eigenvalue weighted by Crippen LogP contribution is -2.06. The van der Waals surface area contributed by atoms with Gasteiger partial charge < -0.3 is 14.7 Å². The lowest BCUT2D eigenvalue weighted by molar-refractivity contribution is 0.528. The molecular formula is C10H13N3O. The second kappa shape index (κ2) is 3.21. The van der Waals surface area contributed by atoms with Gasteiger partial charge in [0, 0.05) is 11.3 Å². The SMILES string of the molecule is Cc1occc1Cn1c(C)cnc1N. The van der Waals surface area contributed by atoms with E-state index in [0.29, 0.717) is 5.95 Å². The van der Waals surface area contributed by atoms with E-state index in [4.69, 9.17) is 10.2 Å². The van der Waals surface area contributed by atoms with Crippen molar-refractivity contribution < 1.29 is 4.42 Å². The minimum absolute atomic E-state index is 0.545. The highest BCUT2D eigenvalue weighted by molar-refractivity contribution is 5.26. The van der Waals surface area contributed by atoms with Crippen molar-refractivity contribution in [2.75, 3.05) is 5.73 Å². The van der Waals surface area contributed by atoms with Crippen LogP contribution in [0.25, 0.3) is 0 Å². The molecule has 0 fully saturated rings. The molecule has 2 rings (SSSR count). The first-order chi connectivity index (χ1) is 6.68. The fourth-order valence-electron chi connectivity index (χ4n) is 1.43. The minimum Gasteiger partial charge on any atom is -0.469 e. The summed E-state index contributed by atoms with van der Waals surface area (Å²) in [5.74, 6) is 1.47. The van der Waals surface area contributed by atoms with Crippen LogP contribution in [0.4, 0.5) is 5.95 Å². The maximum atomic E-state index is 5.73. The van der Waals surface area contributed by atoms with Crippen LogP contribution in [0.3, 0.4) is 0 Å². The van der Waals surface area contributed by atoms with Gasteiger partial charge in [-0.2, -0.15) is 0 Å². The number of hydrogen-bond acceptors (Lipinski definition) is 3. The van der Waals surface area contributed by atoms with E-state index in [9.17, 15) is 0 Å². The molecule has 74 valence electrons. The number of aromatic nitrogens is 2. The number of rotatable bonds is 2. The summed E-state index contributed by atoms with van der Waals surface area (Å²) in [4.78, 5) is 4.04. The van der Waals surface area contributed by atoms with Crippen LogP contribution in [-0.4, -0.2) is 9.55 Å². The molecule has 0 amide bonds. The van der Waals surface area contributed by atoms with Crippen LogP contribution in [0, 0.1) is 13.8 Å². The summed E-state index contributed by atoms with van der Waals surface area (Å²) in [6.45, 7) is 4.65. The number of nitrogens with two attached hydrogens (primary N) is 1. The van der Waals surface area contributed by atoms with Gasteiger partial charge in [-0.3, -0.25) is 0 Å². The highest BCUT2D eigenvalue weighted by Gasteiger charge is 2.07. The molecule has 0 unspecified atom stereocenters. The number of nitrogen functional groups attached to an aromatic ring is 1. The quantitative estimate of drug-likeness (QED) is 0.786. The van der Waals surface area contributed by atoms with Crippen molar-refractivity contribution in [3.8, 4) is 0 Å².